The highest BCUT2D eigenvalue weighted by atomic mass is 16.3. The first-order valence-electron chi connectivity index (χ1n) is 19.1. The third kappa shape index (κ3) is 6.14. The molecule has 56 heavy (non-hydrogen) atoms. The van der Waals surface area contributed by atoms with E-state index in [9.17, 15) is 0 Å². The van der Waals surface area contributed by atoms with Gasteiger partial charge in [0.25, 0.3) is 0 Å². The summed E-state index contributed by atoms with van der Waals surface area (Å²) >= 11 is 0. The molecule has 10 rings (SSSR count). The van der Waals surface area contributed by atoms with E-state index in [1.807, 2.05) is 6.07 Å². The third-order valence-corrected chi connectivity index (χ3v) is 10.7. The van der Waals surface area contributed by atoms with Crippen LogP contribution in [-0.4, -0.2) is 0 Å². The number of rotatable bonds is 8. The molecule has 1 aromatic heterocycles. The maximum atomic E-state index is 6.55. The maximum Gasteiger partial charge on any atom is 0.136 e. The second kappa shape index (κ2) is 14.4. The lowest BCUT2D eigenvalue weighted by Gasteiger charge is -2.29. The van der Waals surface area contributed by atoms with Gasteiger partial charge in [0.1, 0.15) is 11.2 Å². The van der Waals surface area contributed by atoms with Gasteiger partial charge in [0.05, 0.1) is 5.69 Å². The van der Waals surface area contributed by atoms with Crippen LogP contribution >= 0.6 is 0 Å². The minimum atomic E-state index is 0.862. The number of para-hydroxylation sites is 1. The molecule has 0 unspecified atom stereocenters. The Morgan fingerprint density at radius 2 is 0.696 bits per heavy atom. The van der Waals surface area contributed by atoms with Gasteiger partial charge in [-0.2, -0.15) is 0 Å². The summed E-state index contributed by atoms with van der Waals surface area (Å²) in [4.78, 5) is 2.40. The van der Waals surface area contributed by atoms with Gasteiger partial charge >= 0.3 is 0 Å². The fourth-order valence-electron chi connectivity index (χ4n) is 7.98. The molecular formula is C54H37NO. The molecular weight excluding hydrogens is 679 g/mol. The summed E-state index contributed by atoms with van der Waals surface area (Å²) in [5, 5.41) is 2.19. The summed E-state index contributed by atoms with van der Waals surface area (Å²) in [7, 11) is 0. The van der Waals surface area contributed by atoms with E-state index in [2.05, 4.69) is 223 Å². The Balaban J connectivity index is 1.17. The van der Waals surface area contributed by atoms with Gasteiger partial charge in [0.15, 0.2) is 0 Å². The first-order valence-corrected chi connectivity index (χ1v) is 19.1. The lowest BCUT2D eigenvalue weighted by Crippen LogP contribution is -2.11. The van der Waals surface area contributed by atoms with Crippen LogP contribution in [0.15, 0.2) is 229 Å². The Hall–Kier alpha value is -7.42. The topological polar surface area (TPSA) is 16.4 Å². The van der Waals surface area contributed by atoms with Gasteiger partial charge < -0.3 is 9.32 Å². The molecule has 2 heteroatoms. The molecule has 2 nitrogen and oxygen atoms in total. The minimum Gasteiger partial charge on any atom is -0.456 e. The molecule has 1 heterocycles. The first-order chi connectivity index (χ1) is 27.8. The first kappa shape index (κ1) is 33.2. The largest absolute Gasteiger partial charge is 0.456 e. The number of furan rings is 1. The van der Waals surface area contributed by atoms with Gasteiger partial charge in [-0.3, -0.25) is 0 Å². The van der Waals surface area contributed by atoms with Crippen molar-refractivity contribution in [1.29, 1.82) is 0 Å². The lowest BCUT2D eigenvalue weighted by atomic mass is 9.90. The Kier molecular flexibility index (Phi) is 8.55. The maximum absolute atomic E-state index is 6.55. The van der Waals surface area contributed by atoms with Crippen LogP contribution in [0.25, 0.3) is 77.6 Å². The molecule has 0 saturated carbocycles. The number of nitrogens with zero attached hydrogens (tertiary/aromatic N) is 1. The van der Waals surface area contributed by atoms with E-state index >= 15 is 0 Å². The number of hydrogen-bond donors (Lipinski definition) is 0. The van der Waals surface area contributed by atoms with Gasteiger partial charge in [-0.1, -0.05) is 182 Å². The molecule has 9 aromatic carbocycles. The summed E-state index contributed by atoms with van der Waals surface area (Å²) in [5.41, 5.74) is 16.7. The summed E-state index contributed by atoms with van der Waals surface area (Å²) in [5.74, 6) is 0. The van der Waals surface area contributed by atoms with Crippen molar-refractivity contribution < 1.29 is 4.42 Å². The SMILES string of the molecule is c1ccc(-c2ccc(-c3ccc(N(c4ccc(-c5ccccc5)cc4)c4ccc5oc6ccccc6c5c4-c4ccccc4-c4ccccc4)cc3)cc2)cc1. The molecule has 0 aliphatic rings. The molecule has 264 valence electrons. The van der Waals surface area contributed by atoms with Crippen molar-refractivity contribution in [2.75, 3.05) is 4.90 Å². The van der Waals surface area contributed by atoms with Crippen molar-refractivity contribution in [3.05, 3.63) is 224 Å². The molecule has 0 amide bonds. The van der Waals surface area contributed by atoms with Crippen LogP contribution < -0.4 is 4.90 Å². The third-order valence-electron chi connectivity index (χ3n) is 10.7. The molecule has 0 radical (unpaired) electrons. The molecule has 0 N–H and O–H groups in total. The molecule has 0 atom stereocenters. The van der Waals surface area contributed by atoms with Crippen molar-refractivity contribution in [2.24, 2.45) is 0 Å². The standard InChI is InChI=1S/C54H37NO/c1-4-14-38(15-5-1)40-24-26-41(27-25-40)43-30-34-46(35-31-43)55(45-32-28-42(29-33-45)39-16-6-2-7-17-39)50-36-37-52-54(49-22-12-13-23-51(49)56-52)53(50)48-21-11-10-20-47(48)44-18-8-3-9-19-44/h1-37H. The van der Waals surface area contributed by atoms with Gasteiger partial charge in [0, 0.05) is 27.7 Å². The van der Waals surface area contributed by atoms with Crippen LogP contribution in [-0.2, 0) is 0 Å². The van der Waals surface area contributed by atoms with E-state index in [4.69, 9.17) is 4.42 Å². The van der Waals surface area contributed by atoms with E-state index in [1.165, 1.54) is 44.5 Å². The molecule has 0 spiro atoms. The quantitative estimate of drug-likeness (QED) is 0.156. The highest BCUT2D eigenvalue weighted by Crippen LogP contribution is 2.49. The predicted octanol–water partition coefficient (Wildman–Crippen LogP) is 15.4. The van der Waals surface area contributed by atoms with Crippen molar-refractivity contribution in [3.8, 4) is 55.6 Å². The molecule has 0 aliphatic carbocycles. The van der Waals surface area contributed by atoms with Crippen molar-refractivity contribution in [3.63, 3.8) is 0 Å². The Morgan fingerprint density at radius 3 is 1.23 bits per heavy atom. The van der Waals surface area contributed by atoms with Crippen LogP contribution in [0.4, 0.5) is 17.1 Å². The zero-order chi connectivity index (χ0) is 37.3. The molecule has 0 bridgehead atoms. The van der Waals surface area contributed by atoms with Crippen molar-refractivity contribution in [1.82, 2.24) is 0 Å². The molecule has 10 aromatic rings. The average molecular weight is 716 g/mol. The van der Waals surface area contributed by atoms with Crippen LogP contribution in [0, 0.1) is 0 Å². The predicted molar refractivity (Wildman–Crippen MR) is 236 cm³/mol. The van der Waals surface area contributed by atoms with Gasteiger partial charge in [0.2, 0.25) is 0 Å². The molecule has 0 fully saturated rings. The van der Waals surface area contributed by atoms with E-state index < -0.39 is 0 Å². The second-order valence-electron chi connectivity index (χ2n) is 14.1. The summed E-state index contributed by atoms with van der Waals surface area (Å²) in [6.07, 6.45) is 0. The number of anilines is 3. The Morgan fingerprint density at radius 1 is 0.286 bits per heavy atom. The normalized spacial score (nSPS) is 11.2. The van der Waals surface area contributed by atoms with E-state index in [-0.39, 0.29) is 0 Å². The monoisotopic (exact) mass is 715 g/mol. The summed E-state index contributed by atoms with van der Waals surface area (Å²) < 4.78 is 6.55. The Labute approximate surface area is 327 Å². The number of hydrogen-bond acceptors (Lipinski definition) is 2. The zero-order valence-corrected chi connectivity index (χ0v) is 30.7. The molecule has 0 aliphatic heterocycles. The van der Waals surface area contributed by atoms with Gasteiger partial charge in [-0.05, 0) is 92.5 Å². The summed E-state index contributed by atoms with van der Waals surface area (Å²) in [6, 6.07) is 80.0. The highest BCUT2D eigenvalue weighted by Gasteiger charge is 2.24. The van der Waals surface area contributed by atoms with Crippen molar-refractivity contribution >= 4 is 39.0 Å². The van der Waals surface area contributed by atoms with Gasteiger partial charge in [-0.15, -0.1) is 0 Å². The zero-order valence-electron chi connectivity index (χ0n) is 30.7. The van der Waals surface area contributed by atoms with Crippen LogP contribution in [0.3, 0.4) is 0 Å². The fourth-order valence-corrected chi connectivity index (χ4v) is 7.98. The number of fused-ring (bicyclic) bond motifs is 3. The Bertz CT molecular complexity index is 2910. The number of benzene rings is 9. The van der Waals surface area contributed by atoms with Gasteiger partial charge in [-0.25, -0.2) is 0 Å². The second-order valence-corrected chi connectivity index (χ2v) is 14.1. The van der Waals surface area contributed by atoms with Crippen LogP contribution in [0.2, 0.25) is 0 Å². The smallest absolute Gasteiger partial charge is 0.136 e. The van der Waals surface area contributed by atoms with Crippen LogP contribution in [0.5, 0.6) is 0 Å². The van der Waals surface area contributed by atoms with Crippen LogP contribution in [0.1, 0.15) is 0 Å². The van der Waals surface area contributed by atoms with E-state index in [0.717, 1.165) is 50.1 Å². The molecule has 0 saturated heterocycles. The van der Waals surface area contributed by atoms with E-state index in [1.54, 1.807) is 0 Å². The lowest BCUT2D eigenvalue weighted by molar-refractivity contribution is 0.669. The average Bonchev–Trinajstić information content (AvgIpc) is 3.67. The minimum absolute atomic E-state index is 0.862. The van der Waals surface area contributed by atoms with Crippen molar-refractivity contribution in [2.45, 2.75) is 0 Å². The summed E-state index contributed by atoms with van der Waals surface area (Å²) in [6.45, 7) is 0. The fraction of sp³-hybridized carbons (Fsp3) is 0. The highest BCUT2D eigenvalue weighted by molar-refractivity contribution is 6.17. The van der Waals surface area contributed by atoms with E-state index in [0.29, 0.717) is 0 Å².